The SMILES string of the molecule is CCNC(=NCC1(O)CCC1)NCCCNC(=O)OC(C)(C)C.I. The summed E-state index contributed by atoms with van der Waals surface area (Å²) in [4.78, 5) is 15.9. The topological polar surface area (TPSA) is 95.0 Å². The number of nitrogens with zero attached hydrogens (tertiary/aromatic N) is 1. The van der Waals surface area contributed by atoms with Crippen molar-refractivity contribution >= 4 is 36.0 Å². The summed E-state index contributed by atoms with van der Waals surface area (Å²) in [6, 6.07) is 0. The maximum absolute atomic E-state index is 11.5. The molecule has 0 aliphatic heterocycles. The molecule has 0 aromatic heterocycles. The van der Waals surface area contributed by atoms with Gasteiger partial charge in [-0.05, 0) is 53.4 Å². The highest BCUT2D eigenvalue weighted by atomic mass is 127. The third-order valence-electron chi connectivity index (χ3n) is 3.47. The summed E-state index contributed by atoms with van der Waals surface area (Å²) < 4.78 is 5.16. The minimum absolute atomic E-state index is 0. The molecule has 1 saturated carbocycles. The molecule has 0 saturated heterocycles. The number of hydrogen-bond acceptors (Lipinski definition) is 4. The number of nitrogens with one attached hydrogen (secondary N) is 3. The Morgan fingerprint density at radius 3 is 2.33 bits per heavy atom. The third-order valence-corrected chi connectivity index (χ3v) is 3.47. The van der Waals surface area contributed by atoms with E-state index in [1.165, 1.54) is 0 Å². The number of guanidine groups is 1. The van der Waals surface area contributed by atoms with Crippen LogP contribution in [0, 0.1) is 0 Å². The minimum atomic E-state index is -0.610. The van der Waals surface area contributed by atoms with Gasteiger partial charge in [0.25, 0.3) is 0 Å². The second-order valence-electron chi connectivity index (χ2n) is 6.98. The quantitative estimate of drug-likeness (QED) is 0.204. The Hall–Kier alpha value is -0.770. The van der Waals surface area contributed by atoms with E-state index in [1.807, 2.05) is 27.7 Å². The van der Waals surface area contributed by atoms with Crippen molar-refractivity contribution in [3.63, 3.8) is 0 Å². The van der Waals surface area contributed by atoms with Gasteiger partial charge in [0, 0.05) is 19.6 Å². The van der Waals surface area contributed by atoms with Crippen molar-refractivity contribution in [3.8, 4) is 0 Å². The van der Waals surface area contributed by atoms with Crippen LogP contribution in [0.4, 0.5) is 4.79 Å². The van der Waals surface area contributed by atoms with E-state index in [9.17, 15) is 9.90 Å². The summed E-state index contributed by atoms with van der Waals surface area (Å²) in [5.74, 6) is 0.699. The summed E-state index contributed by atoms with van der Waals surface area (Å²) in [6.07, 6.45) is 3.09. The summed E-state index contributed by atoms with van der Waals surface area (Å²) in [6.45, 7) is 9.92. The van der Waals surface area contributed by atoms with Gasteiger partial charge in [-0.2, -0.15) is 0 Å². The second kappa shape index (κ2) is 11.0. The lowest BCUT2D eigenvalue weighted by atomic mass is 9.80. The van der Waals surface area contributed by atoms with Crippen LogP contribution in [0.3, 0.4) is 0 Å². The van der Waals surface area contributed by atoms with Gasteiger partial charge in [-0.3, -0.25) is 4.99 Å². The van der Waals surface area contributed by atoms with E-state index >= 15 is 0 Å². The molecule has 0 atom stereocenters. The first kappa shape index (κ1) is 23.2. The van der Waals surface area contributed by atoms with Crippen LogP contribution < -0.4 is 16.0 Å². The lowest BCUT2D eigenvalue weighted by Crippen LogP contribution is -2.43. The molecule has 8 heteroatoms. The molecule has 1 rings (SSSR count). The highest BCUT2D eigenvalue weighted by molar-refractivity contribution is 14.0. The second-order valence-corrected chi connectivity index (χ2v) is 6.98. The van der Waals surface area contributed by atoms with Crippen LogP contribution in [0.25, 0.3) is 0 Å². The average Bonchev–Trinajstić information content (AvgIpc) is 2.40. The smallest absolute Gasteiger partial charge is 0.407 e. The Morgan fingerprint density at radius 1 is 1.21 bits per heavy atom. The molecule has 0 aromatic rings. The molecule has 1 aliphatic carbocycles. The molecular formula is C16H33IN4O3. The van der Waals surface area contributed by atoms with E-state index in [4.69, 9.17) is 4.74 Å². The Balaban J connectivity index is 0.00000529. The highest BCUT2D eigenvalue weighted by Crippen LogP contribution is 2.31. The maximum Gasteiger partial charge on any atom is 0.407 e. The fourth-order valence-corrected chi connectivity index (χ4v) is 2.11. The standard InChI is InChI=1S/C16H32N4O3.HI/c1-5-17-13(20-12-16(22)8-6-9-16)18-10-7-11-19-14(21)23-15(2,3)4;/h22H,5-12H2,1-4H3,(H,19,21)(H2,17,18,20);1H. The molecule has 1 aliphatic rings. The minimum Gasteiger partial charge on any atom is -0.444 e. The van der Waals surface area contributed by atoms with Gasteiger partial charge >= 0.3 is 6.09 Å². The first-order valence-electron chi connectivity index (χ1n) is 8.45. The lowest BCUT2D eigenvalue weighted by Gasteiger charge is -2.35. The van der Waals surface area contributed by atoms with Gasteiger partial charge in [-0.25, -0.2) is 4.79 Å². The van der Waals surface area contributed by atoms with Crippen LogP contribution in [0.2, 0.25) is 0 Å². The number of ether oxygens (including phenoxy) is 1. The summed E-state index contributed by atoms with van der Waals surface area (Å²) in [5.41, 5.74) is -1.09. The van der Waals surface area contributed by atoms with Gasteiger partial charge in [-0.15, -0.1) is 24.0 Å². The van der Waals surface area contributed by atoms with Crippen molar-refractivity contribution in [3.05, 3.63) is 0 Å². The molecule has 7 nitrogen and oxygen atoms in total. The van der Waals surface area contributed by atoms with Crippen molar-refractivity contribution in [2.45, 2.75) is 64.6 Å². The largest absolute Gasteiger partial charge is 0.444 e. The van der Waals surface area contributed by atoms with Crippen LogP contribution in [-0.4, -0.2) is 54.5 Å². The zero-order chi connectivity index (χ0) is 17.3. The van der Waals surface area contributed by atoms with Gasteiger partial charge in [-0.1, -0.05) is 0 Å². The van der Waals surface area contributed by atoms with E-state index in [0.29, 0.717) is 25.6 Å². The van der Waals surface area contributed by atoms with Crippen LogP contribution >= 0.6 is 24.0 Å². The van der Waals surface area contributed by atoms with Crippen molar-refractivity contribution in [2.24, 2.45) is 4.99 Å². The number of hydrogen-bond donors (Lipinski definition) is 4. The van der Waals surface area contributed by atoms with Gasteiger partial charge in [0.15, 0.2) is 5.96 Å². The molecule has 0 heterocycles. The van der Waals surface area contributed by atoms with Crippen molar-refractivity contribution < 1.29 is 14.6 Å². The van der Waals surface area contributed by atoms with E-state index < -0.39 is 17.3 Å². The number of carbonyl (C=O) groups excluding carboxylic acids is 1. The summed E-state index contributed by atoms with van der Waals surface area (Å²) >= 11 is 0. The molecule has 0 spiro atoms. The maximum atomic E-state index is 11.5. The fourth-order valence-electron chi connectivity index (χ4n) is 2.11. The first-order valence-corrected chi connectivity index (χ1v) is 8.45. The zero-order valence-electron chi connectivity index (χ0n) is 15.3. The monoisotopic (exact) mass is 456 g/mol. The lowest BCUT2D eigenvalue weighted by molar-refractivity contribution is -0.0236. The molecule has 1 fully saturated rings. The number of aliphatic hydroxyl groups is 1. The molecular weight excluding hydrogens is 423 g/mol. The number of halogens is 1. The van der Waals surface area contributed by atoms with Gasteiger partial charge < -0.3 is 25.8 Å². The van der Waals surface area contributed by atoms with Crippen LogP contribution in [0.15, 0.2) is 4.99 Å². The molecule has 142 valence electrons. The van der Waals surface area contributed by atoms with Crippen LogP contribution in [-0.2, 0) is 4.74 Å². The number of alkyl carbamates (subject to hydrolysis) is 1. The Morgan fingerprint density at radius 2 is 1.83 bits per heavy atom. The Labute approximate surface area is 162 Å². The number of rotatable bonds is 7. The van der Waals surface area contributed by atoms with Crippen LogP contribution in [0.5, 0.6) is 0 Å². The number of carbonyl (C=O) groups is 1. The normalized spacial score (nSPS) is 16.5. The van der Waals surface area contributed by atoms with E-state index in [2.05, 4.69) is 20.9 Å². The zero-order valence-corrected chi connectivity index (χ0v) is 17.6. The predicted molar refractivity (Wildman–Crippen MR) is 107 cm³/mol. The Bertz CT molecular complexity index is 407. The predicted octanol–water partition coefficient (Wildman–Crippen LogP) is 1.99. The van der Waals surface area contributed by atoms with Crippen molar-refractivity contribution in [2.75, 3.05) is 26.2 Å². The van der Waals surface area contributed by atoms with E-state index in [1.54, 1.807) is 0 Å². The first-order chi connectivity index (χ1) is 10.7. The Kier molecular flexibility index (Phi) is 10.6. The van der Waals surface area contributed by atoms with Gasteiger partial charge in [0.05, 0.1) is 12.1 Å². The highest BCUT2D eigenvalue weighted by Gasteiger charge is 2.34. The van der Waals surface area contributed by atoms with Gasteiger partial charge in [0.2, 0.25) is 0 Å². The molecule has 1 amide bonds. The molecule has 4 N–H and O–H groups in total. The van der Waals surface area contributed by atoms with Crippen LogP contribution in [0.1, 0.15) is 53.4 Å². The molecule has 0 unspecified atom stereocenters. The van der Waals surface area contributed by atoms with Crippen molar-refractivity contribution in [1.82, 2.24) is 16.0 Å². The molecule has 0 radical (unpaired) electrons. The van der Waals surface area contributed by atoms with Gasteiger partial charge in [0.1, 0.15) is 5.60 Å². The molecule has 0 bridgehead atoms. The van der Waals surface area contributed by atoms with Crippen molar-refractivity contribution in [1.29, 1.82) is 0 Å². The summed E-state index contributed by atoms with van der Waals surface area (Å²) in [7, 11) is 0. The average molecular weight is 456 g/mol. The fraction of sp³-hybridized carbons (Fsp3) is 0.875. The number of amides is 1. The van der Waals surface area contributed by atoms with E-state index in [0.717, 1.165) is 32.2 Å². The molecule has 24 heavy (non-hydrogen) atoms. The third kappa shape index (κ3) is 10.2. The molecule has 0 aromatic carbocycles. The number of aliphatic imine (C=N–C) groups is 1. The summed E-state index contributed by atoms with van der Waals surface area (Å²) in [5, 5.41) is 19.1. The van der Waals surface area contributed by atoms with E-state index in [-0.39, 0.29) is 24.0 Å².